The molecule has 0 bridgehead atoms. The number of rotatable bonds is 5. The van der Waals surface area contributed by atoms with Crippen LogP contribution in [0.2, 0.25) is 5.02 Å². The van der Waals surface area contributed by atoms with Crippen molar-refractivity contribution in [1.29, 1.82) is 0 Å². The molecule has 4 heteroatoms. The Morgan fingerprint density at radius 1 is 1.19 bits per heavy atom. The van der Waals surface area contributed by atoms with Crippen molar-refractivity contribution in [3.8, 4) is 0 Å². The van der Waals surface area contributed by atoms with Gasteiger partial charge in [-0.25, -0.2) is 4.98 Å². The topological polar surface area (TPSA) is 16.1 Å². The quantitative estimate of drug-likeness (QED) is 0.700. The number of aromatic nitrogens is 1. The standard InChI is InChI=1S/C17H20Cl2N2/c1-12(2)16-8-13(10-18)9-17(20-16)21(3)11-14-6-4-5-7-15(14)19/h4-9,12H,10-11H2,1-3H3. The molecule has 0 aliphatic carbocycles. The molecule has 2 rings (SSSR count). The summed E-state index contributed by atoms with van der Waals surface area (Å²) in [6.45, 7) is 4.99. The van der Waals surface area contributed by atoms with Crippen molar-refractivity contribution in [2.45, 2.75) is 32.2 Å². The molecule has 0 aliphatic rings. The fourth-order valence-corrected chi connectivity index (χ4v) is 2.48. The Bertz CT molecular complexity index is 611. The van der Waals surface area contributed by atoms with E-state index in [2.05, 4.69) is 24.8 Å². The Labute approximate surface area is 136 Å². The van der Waals surface area contributed by atoms with Crippen molar-refractivity contribution in [2.75, 3.05) is 11.9 Å². The summed E-state index contributed by atoms with van der Waals surface area (Å²) >= 11 is 12.2. The molecule has 0 radical (unpaired) electrons. The molecule has 1 heterocycles. The average molecular weight is 323 g/mol. The van der Waals surface area contributed by atoms with E-state index in [4.69, 9.17) is 28.2 Å². The first-order valence-electron chi connectivity index (χ1n) is 7.02. The summed E-state index contributed by atoms with van der Waals surface area (Å²) in [5, 5.41) is 0.780. The van der Waals surface area contributed by atoms with Gasteiger partial charge in [-0.15, -0.1) is 11.6 Å². The van der Waals surface area contributed by atoms with Crippen molar-refractivity contribution >= 4 is 29.0 Å². The summed E-state index contributed by atoms with van der Waals surface area (Å²) in [6, 6.07) is 12.0. The van der Waals surface area contributed by atoms with Crippen LogP contribution in [-0.2, 0) is 12.4 Å². The zero-order valence-electron chi connectivity index (χ0n) is 12.6. The summed E-state index contributed by atoms with van der Waals surface area (Å²) in [4.78, 5) is 6.83. The maximum Gasteiger partial charge on any atom is 0.129 e. The molecular weight excluding hydrogens is 303 g/mol. The van der Waals surface area contributed by atoms with Gasteiger partial charge in [0, 0.05) is 30.2 Å². The number of anilines is 1. The lowest BCUT2D eigenvalue weighted by molar-refractivity contribution is 0.803. The minimum absolute atomic E-state index is 0.376. The van der Waals surface area contributed by atoms with Crippen molar-refractivity contribution in [2.24, 2.45) is 0 Å². The average Bonchev–Trinajstić information content (AvgIpc) is 2.49. The largest absolute Gasteiger partial charge is 0.355 e. The smallest absolute Gasteiger partial charge is 0.129 e. The van der Waals surface area contributed by atoms with Crippen LogP contribution in [-0.4, -0.2) is 12.0 Å². The van der Waals surface area contributed by atoms with Crippen LogP contribution in [0.1, 0.15) is 36.6 Å². The second-order valence-electron chi connectivity index (χ2n) is 5.49. The van der Waals surface area contributed by atoms with E-state index in [0.29, 0.717) is 11.8 Å². The number of pyridine rings is 1. The van der Waals surface area contributed by atoms with Gasteiger partial charge < -0.3 is 4.90 Å². The lowest BCUT2D eigenvalue weighted by Crippen LogP contribution is -2.19. The zero-order valence-corrected chi connectivity index (χ0v) is 14.1. The number of halogens is 2. The Balaban J connectivity index is 2.28. The Kier molecular flexibility index (Phi) is 5.49. The lowest BCUT2D eigenvalue weighted by Gasteiger charge is -2.21. The highest BCUT2D eigenvalue weighted by Crippen LogP contribution is 2.23. The Hall–Kier alpha value is -1.25. The van der Waals surface area contributed by atoms with Crippen LogP contribution in [0.25, 0.3) is 0 Å². The molecule has 2 nitrogen and oxygen atoms in total. The molecule has 0 saturated carbocycles. The van der Waals surface area contributed by atoms with E-state index in [1.807, 2.05) is 37.4 Å². The molecule has 0 amide bonds. The molecular formula is C17H20Cl2N2. The van der Waals surface area contributed by atoms with Crippen molar-refractivity contribution in [3.63, 3.8) is 0 Å². The molecule has 0 N–H and O–H groups in total. The molecule has 1 aromatic carbocycles. The zero-order chi connectivity index (χ0) is 15.4. The highest BCUT2D eigenvalue weighted by Gasteiger charge is 2.11. The van der Waals surface area contributed by atoms with Gasteiger partial charge in [0.05, 0.1) is 0 Å². The minimum Gasteiger partial charge on any atom is -0.355 e. The molecule has 0 fully saturated rings. The van der Waals surface area contributed by atoms with Gasteiger partial charge in [-0.05, 0) is 35.2 Å². The van der Waals surface area contributed by atoms with Crippen LogP contribution in [0, 0.1) is 0 Å². The summed E-state index contributed by atoms with van der Waals surface area (Å²) in [5.41, 5.74) is 3.25. The van der Waals surface area contributed by atoms with Gasteiger partial charge in [-0.2, -0.15) is 0 Å². The van der Waals surface area contributed by atoms with Crippen molar-refractivity contribution < 1.29 is 0 Å². The van der Waals surface area contributed by atoms with E-state index in [1.54, 1.807) is 0 Å². The fourth-order valence-electron chi connectivity index (χ4n) is 2.13. The normalized spacial score (nSPS) is 11.0. The number of alkyl halides is 1. The molecule has 0 unspecified atom stereocenters. The first kappa shape index (κ1) is 16.1. The summed E-state index contributed by atoms with van der Waals surface area (Å²) < 4.78 is 0. The van der Waals surface area contributed by atoms with Gasteiger partial charge in [-0.3, -0.25) is 0 Å². The summed E-state index contributed by atoms with van der Waals surface area (Å²) in [5.74, 6) is 1.80. The number of hydrogen-bond acceptors (Lipinski definition) is 2. The van der Waals surface area contributed by atoms with E-state index in [9.17, 15) is 0 Å². The monoisotopic (exact) mass is 322 g/mol. The molecule has 0 spiro atoms. The van der Waals surface area contributed by atoms with Crippen molar-refractivity contribution in [1.82, 2.24) is 4.98 Å². The molecule has 112 valence electrons. The van der Waals surface area contributed by atoms with Gasteiger partial charge >= 0.3 is 0 Å². The van der Waals surface area contributed by atoms with Gasteiger partial charge in [0.15, 0.2) is 0 Å². The van der Waals surface area contributed by atoms with Gasteiger partial charge in [0.2, 0.25) is 0 Å². The molecule has 2 aromatic rings. The molecule has 0 aliphatic heterocycles. The second-order valence-corrected chi connectivity index (χ2v) is 6.17. The Morgan fingerprint density at radius 3 is 2.52 bits per heavy atom. The van der Waals surface area contributed by atoms with E-state index in [0.717, 1.165) is 34.2 Å². The first-order chi connectivity index (χ1) is 10.0. The van der Waals surface area contributed by atoms with Crippen molar-refractivity contribution in [3.05, 3.63) is 58.2 Å². The summed E-state index contributed by atoms with van der Waals surface area (Å²) in [6.07, 6.45) is 0. The van der Waals surface area contributed by atoms with Crippen LogP contribution in [0.5, 0.6) is 0 Å². The predicted molar refractivity (Wildman–Crippen MR) is 91.4 cm³/mol. The predicted octanol–water partition coefficient (Wildman–Crippen LogP) is 5.23. The van der Waals surface area contributed by atoms with Crippen LogP contribution >= 0.6 is 23.2 Å². The van der Waals surface area contributed by atoms with Gasteiger partial charge in [-0.1, -0.05) is 43.6 Å². The van der Waals surface area contributed by atoms with Crippen LogP contribution in [0.15, 0.2) is 36.4 Å². The second kappa shape index (κ2) is 7.15. The summed E-state index contributed by atoms with van der Waals surface area (Å²) in [7, 11) is 2.02. The Morgan fingerprint density at radius 2 is 1.90 bits per heavy atom. The van der Waals surface area contributed by atoms with Gasteiger partial charge in [0.25, 0.3) is 0 Å². The van der Waals surface area contributed by atoms with Crippen LogP contribution in [0.4, 0.5) is 5.82 Å². The fraction of sp³-hybridized carbons (Fsp3) is 0.353. The highest BCUT2D eigenvalue weighted by molar-refractivity contribution is 6.31. The maximum atomic E-state index is 6.23. The third kappa shape index (κ3) is 4.12. The molecule has 0 saturated heterocycles. The SMILES string of the molecule is CC(C)c1cc(CCl)cc(N(C)Cc2ccccc2Cl)n1. The molecule has 21 heavy (non-hydrogen) atoms. The van der Waals surface area contributed by atoms with E-state index < -0.39 is 0 Å². The third-order valence-electron chi connectivity index (χ3n) is 3.39. The third-order valence-corrected chi connectivity index (χ3v) is 4.07. The molecule has 0 atom stereocenters. The van der Waals surface area contributed by atoms with Crippen LogP contribution in [0.3, 0.4) is 0 Å². The number of benzene rings is 1. The van der Waals surface area contributed by atoms with E-state index in [-0.39, 0.29) is 0 Å². The first-order valence-corrected chi connectivity index (χ1v) is 7.94. The number of nitrogens with zero attached hydrogens (tertiary/aromatic N) is 2. The maximum absolute atomic E-state index is 6.23. The lowest BCUT2D eigenvalue weighted by atomic mass is 10.1. The minimum atomic E-state index is 0.376. The van der Waals surface area contributed by atoms with Crippen LogP contribution < -0.4 is 4.90 Å². The highest BCUT2D eigenvalue weighted by atomic mass is 35.5. The van der Waals surface area contributed by atoms with E-state index in [1.165, 1.54) is 0 Å². The van der Waals surface area contributed by atoms with Gasteiger partial charge in [0.1, 0.15) is 5.82 Å². The number of hydrogen-bond donors (Lipinski definition) is 0. The van der Waals surface area contributed by atoms with E-state index >= 15 is 0 Å². The molecule has 1 aromatic heterocycles.